The minimum absolute atomic E-state index is 0.131. The average molecular weight is 1250 g/mol. The summed E-state index contributed by atoms with van der Waals surface area (Å²) in [7, 11) is 3.23. The molecule has 0 bridgehead atoms. The van der Waals surface area contributed by atoms with Crippen LogP contribution in [0.5, 0.6) is 0 Å². The van der Waals surface area contributed by atoms with Gasteiger partial charge in [-0.25, -0.2) is 13.8 Å². The molecule has 5 aromatic rings. The van der Waals surface area contributed by atoms with Crippen LogP contribution in [0.4, 0.5) is 8.78 Å². The van der Waals surface area contributed by atoms with Crippen LogP contribution in [-0.2, 0) is 25.7 Å². The molecule has 3 aliphatic rings. The van der Waals surface area contributed by atoms with Crippen LogP contribution in [-0.4, -0.2) is 75.9 Å². The molecule has 1 aliphatic heterocycles. The fourth-order valence-electron chi connectivity index (χ4n) is 10.8. The number of Topliss-reactive ketones (excluding diaryl/α,β-unsaturated/α-hetero) is 2. The van der Waals surface area contributed by atoms with Crippen LogP contribution < -0.4 is 10.9 Å². The summed E-state index contributed by atoms with van der Waals surface area (Å²) in [4.78, 5) is 59.7. The molecule has 4 atom stereocenters. The van der Waals surface area contributed by atoms with E-state index >= 15 is 0 Å². The lowest BCUT2D eigenvalue weighted by molar-refractivity contribution is -0.131. The van der Waals surface area contributed by atoms with E-state index in [2.05, 4.69) is 145 Å². The Morgan fingerprint density at radius 1 is 0.928 bits per heavy atom. The Labute approximate surface area is 512 Å². The molecular formula is C68H101BrF2N5O5PS. The summed E-state index contributed by atoms with van der Waals surface area (Å²) in [5, 5.41) is 3.75. The van der Waals surface area contributed by atoms with Crippen molar-refractivity contribution < 1.29 is 27.9 Å². The number of methoxy groups -OCH3 is 1. The normalized spacial score (nSPS) is 16.4. The number of ether oxygens (including phenoxy) is 1. The number of hydrogen-bond acceptors (Lipinski definition) is 9. The number of carbonyl (C=O) groups is 3. The van der Waals surface area contributed by atoms with Crippen molar-refractivity contribution in [3.05, 3.63) is 109 Å². The molecule has 3 fully saturated rings. The van der Waals surface area contributed by atoms with Gasteiger partial charge in [0.05, 0.1) is 44.7 Å². The third-order valence-electron chi connectivity index (χ3n) is 17.2. The van der Waals surface area contributed by atoms with E-state index in [-0.39, 0.29) is 52.6 Å². The van der Waals surface area contributed by atoms with E-state index in [1.54, 1.807) is 32.3 Å². The molecule has 2 aromatic heterocycles. The molecule has 1 saturated heterocycles. The maximum absolute atomic E-state index is 12.9. The second kappa shape index (κ2) is 34.3. The average Bonchev–Trinajstić information content (AvgIpc) is 2.43. The predicted octanol–water partition coefficient (Wildman–Crippen LogP) is 17.8. The van der Waals surface area contributed by atoms with Crippen LogP contribution in [0.2, 0.25) is 0 Å². The number of hydrogen-bond donors (Lipinski definition) is 1. The molecule has 0 spiro atoms. The van der Waals surface area contributed by atoms with Crippen molar-refractivity contribution in [2.75, 3.05) is 33.4 Å². The standard InChI is InChI=1S/C27H34BrN3O2.C20H28N2OS.C8H16O.C7H11F2OP.C6H12/c1-5-18(2)26-29-27(32)25-22(28)7-6-8-24(25)31(26)23-10-9-21(17-19(23)3)20-11-13-30(14-12-20)15-16-33-4;1-4-6-8-18(7-5-2)20(23)21-13-16-9-11-17(12-10-16)19-15(3)22-14-24-19;1-6(7(2)9)8(3,4)5;1-2-5(10)6(3-4-6)7(8,9)11;1-6-4-2-3-5-6/h6-10,17-18,20H,5,11-16H2,1-4H3;9-12,14,18H,4-8,13H2,1-3H3,(H,21,23);6H,1-5H3;2-4,11H2,1H3;6H,2-5H2,1H3. The molecular weight excluding hydrogens is 1150 g/mol. The summed E-state index contributed by atoms with van der Waals surface area (Å²) in [6, 6.07) is 21.2. The number of benzene rings is 3. The van der Waals surface area contributed by atoms with Gasteiger partial charge >= 0.3 is 0 Å². The Kier molecular flexibility index (Phi) is 29.5. The summed E-state index contributed by atoms with van der Waals surface area (Å²) >= 11 is 5.23. The zero-order valence-corrected chi connectivity index (χ0v) is 56.4. The molecule has 15 heteroatoms. The van der Waals surface area contributed by atoms with Crippen molar-refractivity contribution in [2.24, 2.45) is 28.6 Å². The van der Waals surface area contributed by atoms with Gasteiger partial charge in [-0.05, 0) is 152 Å². The smallest absolute Gasteiger partial charge is 0.281 e. The summed E-state index contributed by atoms with van der Waals surface area (Å²) in [6.45, 7) is 31.3. The first kappa shape index (κ1) is 71.4. The number of alkyl halides is 2. The van der Waals surface area contributed by atoms with E-state index in [0.717, 1.165) is 103 Å². The number of aryl methyl sites for hydroxylation is 2. The second-order valence-corrected chi connectivity index (χ2v) is 27.0. The SMILES string of the molecule is CC(=O)C(C)C(C)(C)C.CC1CCCC1.CCC(=O)C1(C(F)(F)P)CC1.CCC(C)c1nc(=O)c2c(Br)cccc2n1-c1ccc(C2CCN(CCOC)CC2)cc1C.CCCCC(CCC)C(=O)NCc1ccc(-c2scnc2C)cc1. The lowest BCUT2D eigenvalue weighted by Gasteiger charge is -2.32. The lowest BCUT2D eigenvalue weighted by atomic mass is 9.80. The predicted molar refractivity (Wildman–Crippen MR) is 349 cm³/mol. The number of amides is 1. The monoisotopic (exact) mass is 1250 g/mol. The fraction of sp³-hybridized carbons (Fsp3) is 0.618. The molecule has 4 unspecified atom stereocenters. The molecule has 3 heterocycles. The third kappa shape index (κ3) is 21.1. The number of likely N-dealkylation sites (tertiary alicyclic amines) is 1. The van der Waals surface area contributed by atoms with Crippen molar-refractivity contribution >= 4 is 64.9 Å². The number of thiazole rings is 1. The first-order valence-electron chi connectivity index (χ1n) is 30.8. The number of nitrogens with zero attached hydrogens (tertiary/aromatic N) is 4. The largest absolute Gasteiger partial charge is 0.383 e. The number of carbonyl (C=O) groups excluding carboxylic acids is 3. The van der Waals surface area contributed by atoms with Crippen LogP contribution in [0.15, 0.2) is 75.4 Å². The summed E-state index contributed by atoms with van der Waals surface area (Å²) < 4.78 is 33.7. The Hall–Kier alpha value is -4.07. The van der Waals surface area contributed by atoms with Crippen LogP contribution in [0, 0.1) is 42.4 Å². The maximum atomic E-state index is 12.9. The number of unbranched alkanes of at least 4 members (excludes halogenated alkanes) is 1. The third-order valence-corrected chi connectivity index (χ3v) is 19.4. The van der Waals surface area contributed by atoms with Gasteiger partial charge in [0, 0.05) is 48.8 Å². The quantitative estimate of drug-likeness (QED) is 0.0765. The van der Waals surface area contributed by atoms with Gasteiger partial charge < -0.3 is 15.0 Å². The number of nitrogens with one attached hydrogen (secondary N) is 1. The molecule has 83 heavy (non-hydrogen) atoms. The lowest BCUT2D eigenvalue weighted by Crippen LogP contribution is -2.35. The molecule has 460 valence electrons. The van der Waals surface area contributed by atoms with Crippen molar-refractivity contribution in [2.45, 2.75) is 210 Å². The molecule has 1 N–H and O–H groups in total. The van der Waals surface area contributed by atoms with Gasteiger partial charge in [0.25, 0.3) is 11.2 Å². The van der Waals surface area contributed by atoms with Gasteiger partial charge in [-0.2, -0.15) is 4.98 Å². The number of rotatable bonds is 20. The highest BCUT2D eigenvalue weighted by atomic mass is 79.9. The zero-order valence-electron chi connectivity index (χ0n) is 52.8. The molecule has 3 aromatic carbocycles. The first-order valence-corrected chi connectivity index (χ1v) is 33.0. The Bertz CT molecular complexity index is 2860. The highest BCUT2D eigenvalue weighted by molar-refractivity contribution is 9.10. The van der Waals surface area contributed by atoms with Crippen LogP contribution in [0.3, 0.4) is 0 Å². The van der Waals surface area contributed by atoms with E-state index in [4.69, 9.17) is 4.74 Å². The number of piperidine rings is 1. The zero-order chi connectivity index (χ0) is 61.7. The molecule has 10 nitrogen and oxygen atoms in total. The summed E-state index contributed by atoms with van der Waals surface area (Å²) in [6.07, 6.45) is 15.4. The Balaban J connectivity index is 0.000000255. The van der Waals surface area contributed by atoms with Gasteiger partial charge in [-0.15, -0.1) is 11.3 Å². The van der Waals surface area contributed by atoms with E-state index in [1.165, 1.54) is 69.3 Å². The van der Waals surface area contributed by atoms with Crippen molar-refractivity contribution in [1.29, 1.82) is 0 Å². The topological polar surface area (TPSA) is 123 Å². The minimum atomic E-state index is -2.90. The summed E-state index contributed by atoms with van der Waals surface area (Å²) in [5.74, 6) is 3.15. The molecule has 1 amide bonds. The second-order valence-electron chi connectivity index (χ2n) is 24.6. The maximum Gasteiger partial charge on any atom is 0.281 e. The number of halogens is 3. The van der Waals surface area contributed by atoms with Crippen molar-refractivity contribution in [1.82, 2.24) is 24.8 Å². The van der Waals surface area contributed by atoms with Gasteiger partial charge in [-0.3, -0.25) is 23.7 Å². The first-order chi connectivity index (χ1) is 39.3. The number of aromatic nitrogens is 3. The Morgan fingerprint density at radius 2 is 1.58 bits per heavy atom. The molecule has 0 radical (unpaired) electrons. The van der Waals surface area contributed by atoms with Crippen molar-refractivity contribution in [3.63, 3.8) is 0 Å². The number of ketones is 2. The minimum Gasteiger partial charge on any atom is -0.383 e. The van der Waals surface area contributed by atoms with Gasteiger partial charge in [0.1, 0.15) is 17.4 Å². The van der Waals surface area contributed by atoms with E-state index in [1.807, 2.05) is 37.6 Å². The Morgan fingerprint density at radius 3 is 2.04 bits per heavy atom. The molecule has 2 saturated carbocycles. The van der Waals surface area contributed by atoms with Gasteiger partial charge in [0.2, 0.25) is 5.91 Å². The van der Waals surface area contributed by atoms with Gasteiger partial charge in [-0.1, -0.05) is 166 Å². The van der Waals surface area contributed by atoms with Gasteiger partial charge in [0.15, 0.2) is 0 Å². The fourth-order valence-corrected chi connectivity index (χ4v) is 12.6. The molecule has 2 aliphatic carbocycles. The van der Waals surface area contributed by atoms with Crippen molar-refractivity contribution in [3.8, 4) is 16.1 Å². The van der Waals surface area contributed by atoms with E-state index in [9.17, 15) is 28.0 Å². The highest BCUT2D eigenvalue weighted by Crippen LogP contribution is 2.60. The van der Waals surface area contributed by atoms with E-state index in [0.29, 0.717) is 30.7 Å². The van der Waals surface area contributed by atoms with Crippen LogP contribution >= 0.6 is 36.5 Å². The summed E-state index contributed by atoms with van der Waals surface area (Å²) in [5.41, 5.74) is 5.65. The molecule has 8 rings (SSSR count). The van der Waals surface area contributed by atoms with Crippen LogP contribution in [0.1, 0.15) is 213 Å². The number of fused-ring (bicyclic) bond motifs is 1. The van der Waals surface area contributed by atoms with Crippen LogP contribution in [0.25, 0.3) is 27.0 Å². The van der Waals surface area contributed by atoms with E-state index < -0.39 is 11.1 Å². The highest BCUT2D eigenvalue weighted by Gasteiger charge is 2.63.